The molecule has 0 heterocycles. The van der Waals surface area contributed by atoms with Crippen LogP contribution in [0.5, 0.6) is 0 Å². The van der Waals surface area contributed by atoms with Gasteiger partial charge in [-0.1, -0.05) is 104 Å². The van der Waals surface area contributed by atoms with Crippen LogP contribution < -0.4 is 0 Å². The number of rotatable bonds is 8. The van der Waals surface area contributed by atoms with Crippen molar-refractivity contribution in [1.82, 2.24) is 0 Å². The first-order valence-electron chi connectivity index (χ1n) is 6.79. The van der Waals surface area contributed by atoms with Crippen molar-refractivity contribution >= 4 is 77.0 Å². The van der Waals surface area contributed by atoms with E-state index >= 15 is 0 Å². The molecule has 0 radical (unpaired) electrons. The van der Waals surface area contributed by atoms with Gasteiger partial charge in [0.1, 0.15) is 4.66 Å². The summed E-state index contributed by atoms with van der Waals surface area (Å²) in [7, 11) is 0. The minimum atomic E-state index is -0.245. The summed E-state index contributed by atoms with van der Waals surface area (Å²) < 4.78 is 6.46. The van der Waals surface area contributed by atoms with Crippen LogP contribution >= 0.6 is 77.0 Å². The molecule has 0 N–H and O–H groups in total. The lowest BCUT2D eigenvalue weighted by Crippen LogP contribution is -2.53. The van der Waals surface area contributed by atoms with Gasteiger partial charge in [0.15, 0.2) is 0 Å². The molecule has 0 spiro atoms. The van der Waals surface area contributed by atoms with Crippen LogP contribution in [0.15, 0.2) is 0 Å². The first kappa shape index (κ1) is 21.4. The third-order valence-electron chi connectivity index (χ3n) is 3.40. The van der Waals surface area contributed by atoms with Crippen molar-refractivity contribution < 1.29 is 4.74 Å². The minimum Gasteiger partial charge on any atom is -0.365 e. The van der Waals surface area contributed by atoms with Crippen LogP contribution in [0.3, 0.4) is 0 Å². The molecule has 2 atom stereocenters. The van der Waals surface area contributed by atoms with Gasteiger partial charge in [-0.3, -0.25) is 0 Å². The first-order valence-corrected chi connectivity index (χ1v) is 10.5. The lowest BCUT2D eigenvalue weighted by Gasteiger charge is -2.48. The molecule has 0 bridgehead atoms. The van der Waals surface area contributed by atoms with Gasteiger partial charge in [-0.2, -0.15) is 0 Å². The largest absolute Gasteiger partial charge is 0.365 e. The van der Waals surface area contributed by atoms with Gasteiger partial charge in [0.2, 0.25) is 0 Å². The molecule has 0 aliphatic rings. The molecule has 2 unspecified atom stereocenters. The summed E-state index contributed by atoms with van der Waals surface area (Å²) in [5.74, 6) is 0. The van der Waals surface area contributed by atoms with Gasteiger partial charge in [-0.15, -0.1) is 0 Å². The van der Waals surface area contributed by atoms with E-state index in [-0.39, 0.29) is 15.9 Å². The average Bonchev–Trinajstić information content (AvgIpc) is 2.14. The van der Waals surface area contributed by atoms with Crippen molar-refractivity contribution in [3.05, 3.63) is 0 Å². The van der Waals surface area contributed by atoms with E-state index in [0.717, 1.165) is 25.7 Å². The monoisotopic (exact) mass is 622 g/mol. The van der Waals surface area contributed by atoms with E-state index in [1.807, 2.05) is 0 Å². The average molecular weight is 624 g/mol. The summed E-state index contributed by atoms with van der Waals surface area (Å²) in [5.41, 5.74) is -0.490. The summed E-state index contributed by atoms with van der Waals surface area (Å²) in [6.45, 7) is 13.1. The van der Waals surface area contributed by atoms with Crippen LogP contribution in [0, 0.1) is 0 Å². The van der Waals surface area contributed by atoms with Gasteiger partial charge in [0, 0.05) is 0 Å². The fourth-order valence-corrected chi connectivity index (χ4v) is 4.27. The molecule has 0 aliphatic carbocycles. The number of alkyl halides is 4. The number of hydrogen-bond donors (Lipinski definition) is 0. The zero-order valence-electron chi connectivity index (χ0n) is 12.7. The zero-order valence-corrected chi connectivity index (χ0v) is 20.2. The zero-order chi connectivity index (χ0) is 15.5. The maximum absolute atomic E-state index is 6.55. The highest BCUT2D eigenvalue weighted by molar-refractivity contribution is 14.1. The van der Waals surface area contributed by atoms with E-state index < -0.39 is 0 Å². The summed E-state index contributed by atoms with van der Waals surface area (Å²) in [4.78, 5) is 0. The molecule has 19 heavy (non-hydrogen) atoms. The van der Waals surface area contributed by atoms with Crippen molar-refractivity contribution in [3.8, 4) is 0 Å². The second kappa shape index (κ2) is 7.77. The molecule has 0 aliphatic heterocycles. The highest BCUT2D eigenvalue weighted by Gasteiger charge is 2.50. The van der Waals surface area contributed by atoms with Gasteiger partial charge in [0.25, 0.3) is 0 Å². The Bertz CT molecular complexity index is 261. The molecule has 0 aromatic carbocycles. The van der Waals surface area contributed by atoms with Gasteiger partial charge in [0.05, 0.1) is 11.2 Å². The molecule has 0 rings (SSSR count). The third-order valence-corrected chi connectivity index (χ3v) is 9.78. The SMILES string of the molecule is CCCC(Br)(I)C(C)(C)OC(C)(C)C(Br)(I)CCC. The molecular weight excluding hydrogens is 598 g/mol. The molecule has 0 fully saturated rings. The van der Waals surface area contributed by atoms with Crippen LogP contribution in [-0.4, -0.2) is 15.9 Å². The first-order chi connectivity index (χ1) is 8.33. The molecule has 5 heteroatoms. The quantitative estimate of drug-likeness (QED) is 0.205. The maximum atomic E-state index is 6.55. The van der Waals surface area contributed by atoms with Crippen LogP contribution in [0.2, 0.25) is 0 Å². The molecule has 116 valence electrons. The summed E-state index contributed by atoms with van der Waals surface area (Å²) >= 11 is 12.7. The van der Waals surface area contributed by atoms with Gasteiger partial charge in [-0.05, 0) is 40.5 Å². The standard InChI is InChI=1S/C14H26Br2I2O/c1-7-9-13(15,17)11(3,4)19-12(5,6)14(16,18)10-8-2/h7-10H2,1-6H3. The Hall–Kier alpha value is 2.38. The normalized spacial score (nSPS) is 19.9. The van der Waals surface area contributed by atoms with Gasteiger partial charge >= 0.3 is 0 Å². The van der Waals surface area contributed by atoms with E-state index in [2.05, 4.69) is 119 Å². The molecule has 0 amide bonds. The number of hydrogen-bond acceptors (Lipinski definition) is 1. The topological polar surface area (TPSA) is 9.23 Å². The Kier molecular flexibility index (Phi) is 8.75. The van der Waals surface area contributed by atoms with Crippen molar-refractivity contribution in [2.24, 2.45) is 0 Å². The van der Waals surface area contributed by atoms with Gasteiger partial charge < -0.3 is 4.74 Å². The second-order valence-electron chi connectivity index (χ2n) is 6.03. The van der Waals surface area contributed by atoms with Gasteiger partial charge in [-0.25, -0.2) is 0 Å². The van der Waals surface area contributed by atoms with Crippen molar-refractivity contribution in [3.63, 3.8) is 0 Å². The highest BCUT2D eigenvalue weighted by atomic mass is 127. The van der Waals surface area contributed by atoms with E-state index in [1.54, 1.807) is 0 Å². The Balaban J connectivity index is 5.09. The predicted molar refractivity (Wildman–Crippen MR) is 110 cm³/mol. The summed E-state index contributed by atoms with van der Waals surface area (Å²) in [6.07, 6.45) is 4.45. The van der Waals surface area contributed by atoms with Crippen LogP contribution in [-0.2, 0) is 4.74 Å². The Morgan fingerprint density at radius 3 is 1.26 bits per heavy atom. The lowest BCUT2D eigenvalue weighted by molar-refractivity contribution is -0.127. The second-order valence-corrected chi connectivity index (χ2v) is 15.4. The van der Waals surface area contributed by atoms with E-state index in [1.165, 1.54) is 0 Å². The fourth-order valence-electron chi connectivity index (χ4n) is 2.02. The fraction of sp³-hybridized carbons (Fsp3) is 1.00. The third kappa shape index (κ3) is 5.82. The molecule has 0 aromatic heterocycles. The summed E-state index contributed by atoms with van der Waals surface area (Å²) in [5, 5.41) is 0. The molecule has 0 saturated carbocycles. The Morgan fingerprint density at radius 2 is 1.05 bits per heavy atom. The van der Waals surface area contributed by atoms with Crippen molar-refractivity contribution in [1.29, 1.82) is 0 Å². The maximum Gasteiger partial charge on any atom is 0.105 e. The van der Waals surface area contributed by atoms with Crippen molar-refractivity contribution in [2.75, 3.05) is 0 Å². The molecule has 1 nitrogen and oxygen atoms in total. The number of ether oxygens (including phenoxy) is 1. The Morgan fingerprint density at radius 1 is 0.789 bits per heavy atom. The summed E-state index contributed by atoms with van der Waals surface area (Å²) in [6, 6.07) is 0. The van der Waals surface area contributed by atoms with E-state index in [0.29, 0.717) is 0 Å². The minimum absolute atomic E-state index is 0.0459. The number of halogens is 4. The highest BCUT2D eigenvalue weighted by Crippen LogP contribution is 2.51. The smallest absolute Gasteiger partial charge is 0.105 e. The Labute approximate surface area is 163 Å². The lowest BCUT2D eigenvalue weighted by atomic mass is 9.96. The predicted octanol–water partition coefficient (Wildman–Crippen LogP) is 7.21. The van der Waals surface area contributed by atoms with Crippen LogP contribution in [0.4, 0.5) is 0 Å². The van der Waals surface area contributed by atoms with Crippen LogP contribution in [0.25, 0.3) is 0 Å². The van der Waals surface area contributed by atoms with E-state index in [9.17, 15) is 0 Å². The van der Waals surface area contributed by atoms with Crippen LogP contribution in [0.1, 0.15) is 67.2 Å². The molecule has 0 aromatic rings. The molecular formula is C14H26Br2I2O. The van der Waals surface area contributed by atoms with Crippen molar-refractivity contribution in [2.45, 2.75) is 83.1 Å². The van der Waals surface area contributed by atoms with E-state index in [4.69, 9.17) is 4.74 Å². The molecule has 0 saturated heterocycles.